The molecule has 9 heteroatoms. The first-order chi connectivity index (χ1) is 13.7. The summed E-state index contributed by atoms with van der Waals surface area (Å²) in [6, 6.07) is 7.68. The molecule has 3 heterocycles. The van der Waals surface area contributed by atoms with E-state index in [1.807, 2.05) is 16.8 Å². The van der Waals surface area contributed by atoms with Crippen LogP contribution in [0.15, 0.2) is 36.5 Å². The lowest BCUT2D eigenvalue weighted by molar-refractivity contribution is 0.208. The summed E-state index contributed by atoms with van der Waals surface area (Å²) in [7, 11) is 0. The topological polar surface area (TPSA) is 78.7 Å². The summed E-state index contributed by atoms with van der Waals surface area (Å²) in [6.07, 6.45) is 4.15. The number of amides is 2. The first-order valence-electron chi connectivity index (χ1n) is 9.45. The molecular formula is C19H20FN7O. The van der Waals surface area contributed by atoms with E-state index in [9.17, 15) is 9.18 Å². The average molecular weight is 381 g/mol. The Kier molecular flexibility index (Phi) is 4.07. The molecular weight excluding hydrogens is 361 g/mol. The van der Waals surface area contributed by atoms with Gasteiger partial charge in [0, 0.05) is 43.9 Å². The van der Waals surface area contributed by atoms with E-state index in [4.69, 9.17) is 0 Å². The Morgan fingerprint density at radius 1 is 1.11 bits per heavy atom. The Balaban J connectivity index is 1.23. The van der Waals surface area contributed by atoms with Gasteiger partial charge >= 0.3 is 6.03 Å². The van der Waals surface area contributed by atoms with Crippen molar-refractivity contribution in [3.8, 4) is 0 Å². The maximum Gasteiger partial charge on any atom is 0.321 e. The van der Waals surface area contributed by atoms with Crippen LogP contribution < -0.4 is 10.2 Å². The Labute approximate surface area is 161 Å². The molecule has 1 saturated heterocycles. The minimum atomic E-state index is -0.371. The molecule has 0 spiro atoms. The molecule has 3 aromatic rings. The number of hydrogen-bond donors (Lipinski definition) is 1. The number of hydrogen-bond acceptors (Lipinski definition) is 5. The van der Waals surface area contributed by atoms with Gasteiger partial charge in [0.05, 0.1) is 11.9 Å². The number of anilines is 2. The van der Waals surface area contributed by atoms with Gasteiger partial charge in [0.25, 0.3) is 0 Å². The lowest BCUT2D eigenvalue weighted by Gasteiger charge is -2.35. The Morgan fingerprint density at radius 3 is 2.68 bits per heavy atom. The molecule has 2 aliphatic rings. The van der Waals surface area contributed by atoms with E-state index in [0.29, 0.717) is 37.8 Å². The van der Waals surface area contributed by atoms with Crippen LogP contribution in [0.1, 0.15) is 24.6 Å². The van der Waals surface area contributed by atoms with Crippen LogP contribution in [-0.2, 0) is 0 Å². The minimum Gasteiger partial charge on any atom is -0.367 e. The maximum atomic E-state index is 13.3. The smallest absolute Gasteiger partial charge is 0.321 e. The van der Waals surface area contributed by atoms with Crippen molar-refractivity contribution in [1.82, 2.24) is 24.7 Å². The van der Waals surface area contributed by atoms with E-state index in [1.165, 1.54) is 12.1 Å². The fourth-order valence-electron chi connectivity index (χ4n) is 3.50. The molecule has 0 radical (unpaired) electrons. The molecule has 1 aliphatic heterocycles. The third-order valence-electron chi connectivity index (χ3n) is 5.22. The number of fused-ring (bicyclic) bond motifs is 1. The van der Waals surface area contributed by atoms with Gasteiger partial charge in [0.1, 0.15) is 5.82 Å². The number of nitrogens with zero attached hydrogens (tertiary/aromatic N) is 6. The highest BCUT2D eigenvalue weighted by atomic mass is 19.1. The van der Waals surface area contributed by atoms with Crippen LogP contribution in [0.2, 0.25) is 0 Å². The summed E-state index contributed by atoms with van der Waals surface area (Å²) in [6.45, 7) is 2.54. The molecule has 2 amide bonds. The van der Waals surface area contributed by atoms with Crippen LogP contribution in [0.4, 0.5) is 20.6 Å². The summed E-state index contributed by atoms with van der Waals surface area (Å²) in [5.41, 5.74) is 2.19. The van der Waals surface area contributed by atoms with Crippen LogP contribution in [0.3, 0.4) is 0 Å². The van der Waals surface area contributed by atoms with Crippen LogP contribution in [0.25, 0.3) is 5.65 Å². The largest absolute Gasteiger partial charge is 0.367 e. The third-order valence-corrected chi connectivity index (χ3v) is 5.22. The standard InChI is InChI=1S/C19H20FN7O/c20-14-2-1-3-15(10-14)22-19(28)26-8-6-25(7-9-26)16-11-17-23-24-18(13-4-5-13)27(17)21-12-16/h1-3,10-13H,4-9H2,(H,22,28). The molecule has 1 aliphatic carbocycles. The first kappa shape index (κ1) is 16.9. The van der Waals surface area contributed by atoms with Crippen molar-refractivity contribution in [2.75, 3.05) is 36.4 Å². The van der Waals surface area contributed by atoms with Crippen LogP contribution in [0.5, 0.6) is 0 Å². The van der Waals surface area contributed by atoms with Crippen molar-refractivity contribution < 1.29 is 9.18 Å². The highest BCUT2D eigenvalue weighted by Gasteiger charge is 2.29. The second-order valence-electron chi connectivity index (χ2n) is 7.23. The number of halogens is 1. The van der Waals surface area contributed by atoms with Crippen molar-refractivity contribution in [2.24, 2.45) is 0 Å². The highest BCUT2D eigenvalue weighted by Crippen LogP contribution is 2.38. The van der Waals surface area contributed by atoms with E-state index in [2.05, 4.69) is 25.5 Å². The van der Waals surface area contributed by atoms with E-state index in [1.54, 1.807) is 17.0 Å². The third kappa shape index (κ3) is 3.23. The maximum absolute atomic E-state index is 13.3. The predicted octanol–water partition coefficient (Wildman–Crippen LogP) is 2.49. The van der Waals surface area contributed by atoms with Gasteiger partial charge in [-0.1, -0.05) is 6.07 Å². The first-order valence-corrected chi connectivity index (χ1v) is 9.45. The summed E-state index contributed by atoms with van der Waals surface area (Å²) >= 11 is 0. The van der Waals surface area contributed by atoms with Gasteiger partial charge in [0.2, 0.25) is 0 Å². The number of urea groups is 1. The molecule has 1 aromatic carbocycles. The number of piperazine rings is 1. The van der Waals surface area contributed by atoms with Crippen molar-refractivity contribution in [2.45, 2.75) is 18.8 Å². The molecule has 0 bridgehead atoms. The van der Waals surface area contributed by atoms with Gasteiger partial charge in [0.15, 0.2) is 11.5 Å². The van der Waals surface area contributed by atoms with Gasteiger partial charge in [-0.3, -0.25) is 0 Å². The van der Waals surface area contributed by atoms with Gasteiger partial charge in [-0.15, -0.1) is 10.2 Å². The van der Waals surface area contributed by atoms with Crippen LogP contribution in [0, 0.1) is 5.82 Å². The Bertz CT molecular complexity index is 1020. The molecule has 5 rings (SSSR count). The lowest BCUT2D eigenvalue weighted by Crippen LogP contribution is -2.50. The van der Waals surface area contributed by atoms with E-state index in [0.717, 1.165) is 30.0 Å². The molecule has 1 N–H and O–H groups in total. The second kappa shape index (κ2) is 6.74. The molecule has 2 aromatic heterocycles. The average Bonchev–Trinajstić information content (AvgIpc) is 3.47. The molecule has 8 nitrogen and oxygen atoms in total. The van der Waals surface area contributed by atoms with Crippen molar-refractivity contribution in [1.29, 1.82) is 0 Å². The number of carbonyl (C=O) groups is 1. The Hall–Kier alpha value is -3.23. The fraction of sp³-hybridized carbons (Fsp3) is 0.368. The van der Waals surface area contributed by atoms with Gasteiger partial charge < -0.3 is 15.1 Å². The van der Waals surface area contributed by atoms with E-state index >= 15 is 0 Å². The molecule has 28 heavy (non-hydrogen) atoms. The van der Waals surface area contributed by atoms with Gasteiger partial charge in [-0.05, 0) is 31.0 Å². The van der Waals surface area contributed by atoms with Gasteiger partial charge in [-0.2, -0.15) is 9.61 Å². The molecule has 0 atom stereocenters. The Morgan fingerprint density at radius 2 is 1.93 bits per heavy atom. The lowest BCUT2D eigenvalue weighted by atomic mass is 10.3. The number of nitrogens with one attached hydrogen (secondary N) is 1. The zero-order chi connectivity index (χ0) is 19.1. The summed E-state index contributed by atoms with van der Waals surface area (Å²) in [5.74, 6) is 1.07. The predicted molar refractivity (Wildman–Crippen MR) is 102 cm³/mol. The van der Waals surface area contributed by atoms with Crippen LogP contribution in [-0.4, -0.2) is 56.9 Å². The zero-order valence-corrected chi connectivity index (χ0v) is 15.3. The minimum absolute atomic E-state index is 0.217. The zero-order valence-electron chi connectivity index (χ0n) is 15.3. The molecule has 1 saturated carbocycles. The number of benzene rings is 1. The monoisotopic (exact) mass is 381 g/mol. The molecule has 2 fully saturated rings. The number of carbonyl (C=O) groups excluding carboxylic acids is 1. The fourth-order valence-corrected chi connectivity index (χ4v) is 3.50. The van der Waals surface area contributed by atoms with E-state index in [-0.39, 0.29) is 11.8 Å². The van der Waals surface area contributed by atoms with Gasteiger partial charge in [-0.25, -0.2) is 9.18 Å². The second-order valence-corrected chi connectivity index (χ2v) is 7.23. The quantitative estimate of drug-likeness (QED) is 0.754. The van der Waals surface area contributed by atoms with Crippen LogP contribution >= 0.6 is 0 Å². The summed E-state index contributed by atoms with van der Waals surface area (Å²) < 4.78 is 15.1. The summed E-state index contributed by atoms with van der Waals surface area (Å²) in [4.78, 5) is 16.3. The SMILES string of the molecule is O=C(Nc1cccc(F)c1)N1CCN(c2cnn3c(C4CC4)nnc3c2)CC1. The normalized spacial score (nSPS) is 17.2. The van der Waals surface area contributed by atoms with E-state index < -0.39 is 0 Å². The highest BCUT2D eigenvalue weighted by molar-refractivity contribution is 5.89. The van der Waals surface area contributed by atoms with Crippen molar-refractivity contribution in [3.05, 3.63) is 48.2 Å². The summed E-state index contributed by atoms with van der Waals surface area (Å²) in [5, 5.41) is 15.8. The van der Waals surface area contributed by atoms with Crippen molar-refractivity contribution in [3.63, 3.8) is 0 Å². The molecule has 0 unspecified atom stereocenters. The number of rotatable bonds is 3. The molecule has 144 valence electrons. The number of aromatic nitrogens is 4. The van der Waals surface area contributed by atoms with Crippen molar-refractivity contribution >= 4 is 23.1 Å².